The van der Waals surface area contributed by atoms with Crippen LogP contribution in [0.2, 0.25) is 0 Å². The predicted octanol–water partition coefficient (Wildman–Crippen LogP) is 1.97. The molecule has 0 aliphatic carbocycles. The molecule has 1 aromatic heterocycles. The van der Waals surface area contributed by atoms with Crippen molar-refractivity contribution in [1.82, 2.24) is 14.5 Å². The molecule has 0 radical (unpaired) electrons. The second kappa shape index (κ2) is 7.64. The van der Waals surface area contributed by atoms with E-state index >= 15 is 0 Å². The lowest BCUT2D eigenvalue weighted by Crippen LogP contribution is -2.27. The number of amides is 1. The summed E-state index contributed by atoms with van der Waals surface area (Å²) in [6, 6.07) is 1.54. The van der Waals surface area contributed by atoms with Gasteiger partial charge in [0, 0.05) is 44.1 Å². The van der Waals surface area contributed by atoms with Crippen LogP contribution in [0.25, 0.3) is 0 Å². The number of likely N-dealkylation sites (tertiary alicyclic amines) is 1. The molecule has 0 saturated carbocycles. The molecule has 0 aromatic carbocycles. The minimum Gasteiger partial charge on any atom is -0.343 e. The summed E-state index contributed by atoms with van der Waals surface area (Å²) in [7, 11) is 1.74. The molecule has 0 bridgehead atoms. The lowest BCUT2D eigenvalue weighted by Gasteiger charge is -2.14. The molecule has 1 aromatic rings. The summed E-state index contributed by atoms with van der Waals surface area (Å²) in [5, 5.41) is 0.755. The number of rotatable bonds is 6. The monoisotopic (exact) mass is 309 g/mol. The lowest BCUT2D eigenvalue weighted by molar-refractivity contribution is -0.130. The van der Waals surface area contributed by atoms with Crippen LogP contribution in [0, 0.1) is 6.92 Å². The van der Waals surface area contributed by atoms with Gasteiger partial charge in [0.1, 0.15) is 0 Å². The van der Waals surface area contributed by atoms with Crippen LogP contribution in [-0.2, 0) is 11.8 Å². The largest absolute Gasteiger partial charge is 0.343 e. The van der Waals surface area contributed by atoms with Crippen LogP contribution in [0.1, 0.15) is 37.8 Å². The van der Waals surface area contributed by atoms with Crippen molar-refractivity contribution in [3.63, 3.8) is 0 Å². The molecule has 0 unspecified atom stereocenters. The fourth-order valence-corrected chi connectivity index (χ4v) is 3.45. The Balaban J connectivity index is 1.70. The highest BCUT2D eigenvalue weighted by molar-refractivity contribution is 7.99. The molecule has 0 atom stereocenters. The number of aromatic nitrogens is 2. The van der Waals surface area contributed by atoms with Crippen molar-refractivity contribution in [3.8, 4) is 0 Å². The molecule has 1 fully saturated rings. The smallest absolute Gasteiger partial charge is 0.254 e. The van der Waals surface area contributed by atoms with Gasteiger partial charge in [0.25, 0.3) is 5.56 Å². The normalized spacial score (nSPS) is 14.7. The van der Waals surface area contributed by atoms with Crippen molar-refractivity contribution >= 4 is 17.7 Å². The molecule has 1 amide bonds. The zero-order valence-electron chi connectivity index (χ0n) is 12.8. The Morgan fingerprint density at radius 2 is 2.05 bits per heavy atom. The van der Waals surface area contributed by atoms with Crippen LogP contribution < -0.4 is 5.56 Å². The van der Waals surface area contributed by atoms with E-state index in [0.29, 0.717) is 12.3 Å². The molecular weight excluding hydrogens is 286 g/mol. The van der Waals surface area contributed by atoms with E-state index in [1.54, 1.807) is 29.4 Å². The molecule has 116 valence electrons. The molecular formula is C15H23N3O2S. The highest BCUT2D eigenvalue weighted by Gasteiger charge is 2.16. The number of hydrogen-bond donors (Lipinski definition) is 0. The summed E-state index contributed by atoms with van der Waals surface area (Å²) in [6.07, 6.45) is 4.81. The van der Waals surface area contributed by atoms with Crippen molar-refractivity contribution in [3.05, 3.63) is 22.1 Å². The zero-order chi connectivity index (χ0) is 15.2. The molecule has 5 nitrogen and oxygen atoms in total. The minimum atomic E-state index is -0.0192. The van der Waals surface area contributed by atoms with Gasteiger partial charge in [0.2, 0.25) is 5.91 Å². The van der Waals surface area contributed by atoms with Crippen molar-refractivity contribution in [1.29, 1.82) is 0 Å². The quantitative estimate of drug-likeness (QED) is 0.458. The molecule has 2 heterocycles. The number of aryl methyl sites for hydroxylation is 1. The Bertz CT molecular complexity index is 550. The summed E-state index contributed by atoms with van der Waals surface area (Å²) in [5.74, 6) is 1.18. The van der Waals surface area contributed by atoms with Crippen molar-refractivity contribution in [2.24, 2.45) is 7.05 Å². The van der Waals surface area contributed by atoms with Gasteiger partial charge >= 0.3 is 0 Å². The van der Waals surface area contributed by atoms with Crippen LogP contribution in [0.5, 0.6) is 0 Å². The van der Waals surface area contributed by atoms with Crippen LogP contribution in [0.3, 0.4) is 0 Å². The molecule has 21 heavy (non-hydrogen) atoms. The molecule has 6 heteroatoms. The lowest BCUT2D eigenvalue weighted by atomic mass is 10.2. The van der Waals surface area contributed by atoms with Gasteiger partial charge in [-0.25, -0.2) is 4.98 Å². The van der Waals surface area contributed by atoms with E-state index in [1.807, 2.05) is 11.8 Å². The van der Waals surface area contributed by atoms with E-state index in [2.05, 4.69) is 4.98 Å². The average molecular weight is 309 g/mol. The second-order valence-electron chi connectivity index (χ2n) is 5.47. The third-order valence-corrected chi connectivity index (χ3v) is 4.81. The van der Waals surface area contributed by atoms with Gasteiger partial charge in [-0.2, -0.15) is 0 Å². The van der Waals surface area contributed by atoms with Gasteiger partial charge in [-0.15, -0.1) is 0 Å². The first-order valence-corrected chi connectivity index (χ1v) is 8.52. The van der Waals surface area contributed by atoms with Crippen LogP contribution >= 0.6 is 11.8 Å². The number of carbonyl (C=O) groups excluding carboxylic acids is 1. The van der Waals surface area contributed by atoms with Crippen LogP contribution in [0.4, 0.5) is 0 Å². The number of nitrogens with zero attached hydrogens (tertiary/aromatic N) is 3. The Labute approximate surface area is 129 Å². The maximum atomic E-state index is 11.9. The summed E-state index contributed by atoms with van der Waals surface area (Å²) >= 11 is 1.59. The summed E-state index contributed by atoms with van der Waals surface area (Å²) < 4.78 is 1.58. The Morgan fingerprint density at radius 1 is 1.33 bits per heavy atom. The van der Waals surface area contributed by atoms with Gasteiger partial charge in [0.05, 0.1) is 0 Å². The highest BCUT2D eigenvalue weighted by Crippen LogP contribution is 2.17. The Hall–Kier alpha value is -1.30. The Kier molecular flexibility index (Phi) is 5.85. The van der Waals surface area contributed by atoms with Gasteiger partial charge in [0.15, 0.2) is 5.16 Å². The summed E-state index contributed by atoms with van der Waals surface area (Å²) in [5.41, 5.74) is 0.735. The SMILES string of the molecule is Cc1cc(=O)n(C)c(SCCCCC(=O)N2CCCC2)n1. The molecule has 1 aliphatic rings. The fraction of sp³-hybridized carbons (Fsp3) is 0.667. The number of hydrogen-bond acceptors (Lipinski definition) is 4. The van der Waals surface area contributed by atoms with Crippen molar-refractivity contribution in [2.75, 3.05) is 18.8 Å². The third kappa shape index (κ3) is 4.59. The zero-order valence-corrected chi connectivity index (χ0v) is 13.6. The number of unbranched alkanes of at least 4 members (excludes halogenated alkanes) is 1. The van der Waals surface area contributed by atoms with E-state index in [9.17, 15) is 9.59 Å². The summed E-state index contributed by atoms with van der Waals surface area (Å²) in [4.78, 5) is 29.9. The van der Waals surface area contributed by atoms with Gasteiger partial charge < -0.3 is 4.90 Å². The first kappa shape index (κ1) is 16.1. The molecule has 0 N–H and O–H groups in total. The first-order valence-electron chi connectivity index (χ1n) is 7.53. The van der Waals surface area contributed by atoms with Crippen LogP contribution in [-0.4, -0.2) is 39.2 Å². The number of thioether (sulfide) groups is 1. The predicted molar refractivity (Wildman–Crippen MR) is 84.6 cm³/mol. The number of carbonyl (C=O) groups is 1. The molecule has 1 saturated heterocycles. The first-order chi connectivity index (χ1) is 10.1. The van der Waals surface area contributed by atoms with Crippen LogP contribution in [0.15, 0.2) is 16.0 Å². The minimum absolute atomic E-state index is 0.0192. The highest BCUT2D eigenvalue weighted by atomic mass is 32.2. The Morgan fingerprint density at radius 3 is 2.76 bits per heavy atom. The van der Waals surface area contributed by atoms with Gasteiger partial charge in [-0.3, -0.25) is 14.2 Å². The third-order valence-electron chi connectivity index (χ3n) is 3.70. The fourth-order valence-electron chi connectivity index (χ4n) is 2.42. The summed E-state index contributed by atoms with van der Waals surface area (Å²) in [6.45, 7) is 3.70. The molecule has 1 aliphatic heterocycles. The van der Waals surface area contributed by atoms with E-state index in [-0.39, 0.29) is 5.56 Å². The van der Waals surface area contributed by atoms with Crippen molar-refractivity contribution < 1.29 is 4.79 Å². The molecule has 2 rings (SSSR count). The van der Waals surface area contributed by atoms with Crippen molar-refractivity contribution in [2.45, 2.75) is 44.2 Å². The van der Waals surface area contributed by atoms with E-state index < -0.39 is 0 Å². The maximum Gasteiger partial charge on any atom is 0.254 e. The van der Waals surface area contributed by atoms with Gasteiger partial charge in [-0.1, -0.05) is 11.8 Å². The molecule has 0 spiro atoms. The van der Waals surface area contributed by atoms with E-state index in [0.717, 1.165) is 55.4 Å². The van der Waals surface area contributed by atoms with Gasteiger partial charge in [-0.05, 0) is 32.6 Å². The topological polar surface area (TPSA) is 55.2 Å². The van der Waals surface area contributed by atoms with E-state index in [4.69, 9.17) is 0 Å². The standard InChI is InChI=1S/C15H23N3O2S/c1-12-11-14(20)17(2)15(16-12)21-10-6-3-7-13(19)18-8-4-5-9-18/h11H,3-10H2,1-2H3. The van der Waals surface area contributed by atoms with E-state index in [1.165, 1.54) is 0 Å². The maximum absolute atomic E-state index is 11.9. The second-order valence-corrected chi connectivity index (χ2v) is 6.53. The average Bonchev–Trinajstić information content (AvgIpc) is 2.97.